The second-order valence-corrected chi connectivity index (χ2v) is 16.5. The molecule has 3 saturated heterocycles. The van der Waals surface area contributed by atoms with Gasteiger partial charge < -0.3 is 39.0 Å². The van der Waals surface area contributed by atoms with E-state index in [4.69, 9.17) is 23.7 Å². The average Bonchev–Trinajstić information content (AvgIpc) is 3.48. The van der Waals surface area contributed by atoms with Gasteiger partial charge in [-0.3, -0.25) is 24.7 Å². The maximum absolute atomic E-state index is 14.4. The molecule has 2 amide bonds. The number of aromatic nitrogens is 1. The summed E-state index contributed by atoms with van der Waals surface area (Å²) >= 11 is 0. The van der Waals surface area contributed by atoms with Gasteiger partial charge in [-0.1, -0.05) is 45.9 Å². The molecule has 1 unspecified atom stereocenters. The highest BCUT2D eigenvalue weighted by atomic mass is 16.7. The number of aliphatic hydroxyl groups excluding tert-OH is 1. The summed E-state index contributed by atoms with van der Waals surface area (Å²) in [6.45, 7) is 13.0. The summed E-state index contributed by atoms with van der Waals surface area (Å²) in [6, 6.07) is 8.13. The zero-order valence-electron chi connectivity index (χ0n) is 34.5. The van der Waals surface area contributed by atoms with E-state index in [9.17, 15) is 29.1 Å². The smallest absolute Gasteiger partial charge is 0.411 e. The summed E-state index contributed by atoms with van der Waals surface area (Å²) in [4.78, 5) is 75.4. The second-order valence-electron chi connectivity index (χ2n) is 16.5. The lowest BCUT2D eigenvalue weighted by Gasteiger charge is -2.47. The Kier molecular flexibility index (Phi) is 13.5. The number of Topliss-reactive ketones (excluding diaryl/α,β-unsaturated/α-hetero) is 2. The number of ketones is 2. The number of benzene rings is 1. The summed E-state index contributed by atoms with van der Waals surface area (Å²) < 4.78 is 30.6. The van der Waals surface area contributed by atoms with Crippen LogP contribution in [0.2, 0.25) is 0 Å². The lowest BCUT2D eigenvalue weighted by molar-refractivity contribution is -0.292. The van der Waals surface area contributed by atoms with E-state index in [1.807, 2.05) is 56.3 Å². The Labute approximate surface area is 334 Å². The maximum Gasteiger partial charge on any atom is 0.411 e. The minimum atomic E-state index is -1.76. The molecule has 3 aliphatic heterocycles. The Morgan fingerprint density at radius 2 is 1.79 bits per heavy atom. The summed E-state index contributed by atoms with van der Waals surface area (Å²) in [5.41, 5.74) is -1.67. The van der Waals surface area contributed by atoms with Crippen LogP contribution in [0.4, 0.5) is 9.59 Å². The molecule has 0 radical (unpaired) electrons. The number of nitrogens with one attached hydrogen (secondary N) is 2. The Hall–Kier alpha value is -4.44. The van der Waals surface area contributed by atoms with E-state index in [2.05, 4.69) is 15.6 Å². The van der Waals surface area contributed by atoms with Gasteiger partial charge in [0.05, 0.1) is 17.7 Å². The van der Waals surface area contributed by atoms with Crippen molar-refractivity contribution < 1.29 is 52.8 Å². The molecular formula is C42H58N4O11. The molecule has 3 fully saturated rings. The number of hydrogen-bond acceptors (Lipinski definition) is 13. The van der Waals surface area contributed by atoms with E-state index in [0.29, 0.717) is 6.42 Å². The summed E-state index contributed by atoms with van der Waals surface area (Å²) in [5, 5.41) is 17.9. The predicted octanol–water partition coefficient (Wildman–Crippen LogP) is 4.78. The molecule has 5 rings (SSSR count). The number of aliphatic hydroxyl groups is 1. The zero-order chi connectivity index (χ0) is 42.0. The number of ether oxygens (including phenoxy) is 5. The molecule has 3 N–H and O–H groups in total. The highest BCUT2D eigenvalue weighted by Crippen LogP contribution is 2.40. The third kappa shape index (κ3) is 9.32. The van der Waals surface area contributed by atoms with E-state index in [-0.39, 0.29) is 30.8 Å². The van der Waals surface area contributed by atoms with Crippen molar-refractivity contribution in [3.8, 4) is 0 Å². The minimum absolute atomic E-state index is 0.157. The molecule has 4 heterocycles. The molecule has 2 aromatic rings. The van der Waals surface area contributed by atoms with Crippen LogP contribution in [0.25, 0.3) is 17.0 Å². The zero-order valence-corrected chi connectivity index (χ0v) is 34.5. The van der Waals surface area contributed by atoms with Crippen molar-refractivity contribution in [1.82, 2.24) is 20.5 Å². The van der Waals surface area contributed by atoms with Crippen LogP contribution in [0.3, 0.4) is 0 Å². The normalized spacial score (nSPS) is 36.9. The monoisotopic (exact) mass is 794 g/mol. The first-order valence-corrected chi connectivity index (χ1v) is 19.7. The predicted molar refractivity (Wildman–Crippen MR) is 209 cm³/mol. The molecule has 57 heavy (non-hydrogen) atoms. The number of carbonyl (C=O) groups is 5. The standard InChI is InChI=1S/C42H58N4O11/c1-11-31-42(8)35(45-40(52)57-42)24(4)32(47)22(2)21-41(7,56-39(51)44-18-16-27-14-15-28-13-12-17-43-29(28)20-27)36(25(5)33(48)26(6)37(50)54-31)55-38-34(49)30(46(9)10)19-23(3)53-38/h12-18,20,22-26,30-31,34-36,38,49H,11,19,21H2,1-10H3,(H,44,51)(H,45,52)/b18-16+/t22-,23-,24+,25+,26?,30+,31-,34-,35-,36-,38+,41-,42-/m1/s1. The Balaban J connectivity index is 1.55. The van der Waals surface area contributed by atoms with Gasteiger partial charge in [0.2, 0.25) is 0 Å². The number of likely N-dealkylation sites (N-methyl/N-ethyl adjacent to an activating group) is 1. The number of hydrogen-bond donors (Lipinski definition) is 3. The van der Waals surface area contributed by atoms with Crippen LogP contribution in [-0.4, -0.2) is 113 Å². The SMILES string of the molecule is CC[C@H]1OC(=O)C(C)C(=O)[C@H](C)[C@@H](O[C@@H]2O[C@H](C)C[C@H](N(C)C)[C@H]2O)[C@](C)(OC(=O)N/C=C/c2ccc3cccnc3c2)C[C@@H](C)C(=O)[C@H](C)[C@H]2NC(=O)O[C@@]21C. The Bertz CT molecular complexity index is 1850. The summed E-state index contributed by atoms with van der Waals surface area (Å²) in [6.07, 6.45) is -1.53. The van der Waals surface area contributed by atoms with Gasteiger partial charge in [0, 0.05) is 41.6 Å². The first kappa shape index (κ1) is 43.7. The maximum atomic E-state index is 14.4. The van der Waals surface area contributed by atoms with Crippen LogP contribution in [0.15, 0.2) is 42.7 Å². The molecule has 13 atom stereocenters. The number of pyridine rings is 1. The number of carbonyl (C=O) groups excluding carboxylic acids is 5. The fraction of sp³-hybridized carbons (Fsp3) is 0.619. The van der Waals surface area contributed by atoms with Crippen LogP contribution >= 0.6 is 0 Å². The van der Waals surface area contributed by atoms with Crippen molar-refractivity contribution in [3.05, 3.63) is 48.3 Å². The molecular weight excluding hydrogens is 736 g/mol. The quantitative estimate of drug-likeness (QED) is 0.197. The number of amides is 2. The minimum Gasteiger partial charge on any atom is -0.458 e. The first-order valence-electron chi connectivity index (χ1n) is 19.7. The van der Waals surface area contributed by atoms with Crippen LogP contribution in [0, 0.1) is 23.7 Å². The van der Waals surface area contributed by atoms with E-state index in [1.54, 1.807) is 53.8 Å². The van der Waals surface area contributed by atoms with E-state index in [1.165, 1.54) is 13.1 Å². The van der Waals surface area contributed by atoms with Gasteiger partial charge in [-0.15, -0.1) is 0 Å². The topological polar surface area (TPSA) is 192 Å². The molecule has 0 aliphatic carbocycles. The molecule has 0 bridgehead atoms. The highest BCUT2D eigenvalue weighted by Gasteiger charge is 2.57. The third-order valence-electron chi connectivity index (χ3n) is 11.9. The van der Waals surface area contributed by atoms with Crippen molar-refractivity contribution in [3.63, 3.8) is 0 Å². The molecule has 1 aromatic carbocycles. The lowest BCUT2D eigenvalue weighted by Crippen LogP contribution is -2.60. The molecule has 0 spiro atoms. The fourth-order valence-corrected chi connectivity index (χ4v) is 8.72. The van der Waals surface area contributed by atoms with Crippen molar-refractivity contribution in [2.24, 2.45) is 23.7 Å². The average molecular weight is 795 g/mol. The van der Waals surface area contributed by atoms with E-state index < -0.39 is 89.5 Å². The number of nitrogens with zero attached hydrogens (tertiary/aromatic N) is 2. The molecule has 3 aliphatic rings. The Morgan fingerprint density at radius 1 is 1.07 bits per heavy atom. The van der Waals surface area contributed by atoms with Crippen LogP contribution < -0.4 is 10.6 Å². The van der Waals surface area contributed by atoms with Crippen molar-refractivity contribution in [2.45, 2.75) is 129 Å². The summed E-state index contributed by atoms with van der Waals surface area (Å²) in [5.74, 6) is -5.99. The molecule has 0 saturated carbocycles. The number of rotatable bonds is 7. The van der Waals surface area contributed by atoms with Gasteiger partial charge in [0.1, 0.15) is 35.6 Å². The second kappa shape index (κ2) is 17.6. The molecule has 312 valence electrons. The molecule has 1 aromatic heterocycles. The van der Waals surface area contributed by atoms with Crippen LogP contribution in [0.1, 0.15) is 80.2 Å². The van der Waals surface area contributed by atoms with Crippen LogP contribution in [-0.2, 0) is 38.1 Å². The number of alkyl carbamates (subject to hydrolysis) is 2. The Morgan fingerprint density at radius 3 is 2.47 bits per heavy atom. The first-order chi connectivity index (χ1) is 26.8. The lowest BCUT2D eigenvalue weighted by atomic mass is 9.73. The number of fused-ring (bicyclic) bond motifs is 2. The van der Waals surface area contributed by atoms with Gasteiger partial charge >= 0.3 is 18.2 Å². The molecule has 15 heteroatoms. The number of cyclic esters (lactones) is 1. The van der Waals surface area contributed by atoms with Gasteiger partial charge in [0.25, 0.3) is 0 Å². The van der Waals surface area contributed by atoms with E-state index >= 15 is 0 Å². The van der Waals surface area contributed by atoms with E-state index in [0.717, 1.165) is 16.5 Å². The largest absolute Gasteiger partial charge is 0.458 e. The van der Waals surface area contributed by atoms with Crippen molar-refractivity contribution in [2.75, 3.05) is 14.1 Å². The third-order valence-corrected chi connectivity index (χ3v) is 11.9. The van der Waals surface area contributed by atoms with Gasteiger partial charge in [-0.05, 0) is 84.8 Å². The molecule has 15 nitrogen and oxygen atoms in total. The van der Waals surface area contributed by atoms with Gasteiger partial charge in [0.15, 0.2) is 17.7 Å². The fourth-order valence-electron chi connectivity index (χ4n) is 8.72. The van der Waals surface area contributed by atoms with Crippen molar-refractivity contribution in [1.29, 1.82) is 0 Å². The van der Waals surface area contributed by atoms with Crippen molar-refractivity contribution >= 4 is 46.7 Å². The highest BCUT2D eigenvalue weighted by molar-refractivity contribution is 6.00. The van der Waals surface area contributed by atoms with Crippen LogP contribution in [0.5, 0.6) is 0 Å². The summed E-state index contributed by atoms with van der Waals surface area (Å²) in [7, 11) is 3.65. The van der Waals surface area contributed by atoms with Gasteiger partial charge in [-0.25, -0.2) is 9.59 Å². The van der Waals surface area contributed by atoms with Gasteiger partial charge in [-0.2, -0.15) is 0 Å². The number of esters is 1.